The van der Waals surface area contributed by atoms with Crippen molar-refractivity contribution in [3.63, 3.8) is 0 Å². The van der Waals surface area contributed by atoms with E-state index in [0.29, 0.717) is 22.3 Å². The third-order valence-corrected chi connectivity index (χ3v) is 6.14. The molecule has 0 bridgehead atoms. The van der Waals surface area contributed by atoms with Crippen molar-refractivity contribution >= 4 is 46.6 Å². The number of anilines is 1. The number of halogens is 2. The number of hydrogen-bond donors (Lipinski definition) is 0. The molecule has 0 aromatic heterocycles. The minimum atomic E-state index is 0.0489. The Morgan fingerprint density at radius 2 is 1.93 bits per heavy atom. The summed E-state index contributed by atoms with van der Waals surface area (Å²) in [4.78, 5) is 17.5. The van der Waals surface area contributed by atoms with E-state index < -0.39 is 0 Å². The molecule has 0 atom stereocenters. The summed E-state index contributed by atoms with van der Waals surface area (Å²) >= 11 is 13.6. The molecule has 1 heterocycles. The van der Waals surface area contributed by atoms with Crippen molar-refractivity contribution in [3.05, 3.63) is 58.1 Å². The van der Waals surface area contributed by atoms with Crippen LogP contribution in [0.15, 0.2) is 47.4 Å². The molecule has 2 aromatic carbocycles. The van der Waals surface area contributed by atoms with Gasteiger partial charge >= 0.3 is 0 Å². The van der Waals surface area contributed by atoms with Crippen LogP contribution >= 0.6 is 35.0 Å². The second kappa shape index (κ2) is 9.69. The van der Waals surface area contributed by atoms with Gasteiger partial charge in [-0.1, -0.05) is 41.4 Å². The first-order valence-corrected chi connectivity index (χ1v) is 10.5. The van der Waals surface area contributed by atoms with Crippen LogP contribution in [0.1, 0.15) is 5.56 Å². The number of nitrogens with zero attached hydrogens (tertiary/aromatic N) is 2. The van der Waals surface area contributed by atoms with Crippen LogP contribution in [0.3, 0.4) is 0 Å². The predicted molar refractivity (Wildman–Crippen MR) is 113 cm³/mol. The third kappa shape index (κ3) is 5.55. The van der Waals surface area contributed by atoms with Crippen LogP contribution in [0, 0.1) is 0 Å². The van der Waals surface area contributed by atoms with Gasteiger partial charge in [0.2, 0.25) is 5.91 Å². The average molecular weight is 425 g/mol. The predicted octanol–water partition coefficient (Wildman–Crippen LogP) is 4.58. The molecule has 0 aliphatic carbocycles. The van der Waals surface area contributed by atoms with E-state index in [4.69, 9.17) is 27.9 Å². The Hall–Kier alpha value is -1.40. The van der Waals surface area contributed by atoms with Gasteiger partial charge in [0, 0.05) is 42.3 Å². The summed E-state index contributed by atoms with van der Waals surface area (Å²) in [5.74, 6) is 0.365. The lowest BCUT2D eigenvalue weighted by Gasteiger charge is -2.31. The van der Waals surface area contributed by atoms with E-state index >= 15 is 0 Å². The number of benzene rings is 2. The fourth-order valence-corrected chi connectivity index (χ4v) is 4.37. The third-order valence-electron chi connectivity index (χ3n) is 4.42. The first-order valence-electron chi connectivity index (χ1n) is 8.77. The highest BCUT2D eigenvalue weighted by atomic mass is 35.5. The summed E-state index contributed by atoms with van der Waals surface area (Å²) in [6, 6.07) is 13.5. The monoisotopic (exact) mass is 424 g/mol. The number of thioether (sulfide) groups is 1. The van der Waals surface area contributed by atoms with Crippen molar-refractivity contribution in [2.75, 3.05) is 44.0 Å². The van der Waals surface area contributed by atoms with E-state index in [2.05, 4.69) is 17.0 Å². The van der Waals surface area contributed by atoms with Gasteiger partial charge in [-0.25, -0.2) is 0 Å². The maximum Gasteiger partial charge on any atom is 0.232 e. The smallest absolute Gasteiger partial charge is 0.232 e. The van der Waals surface area contributed by atoms with Crippen LogP contribution in [0.25, 0.3) is 0 Å². The Bertz CT molecular complexity index is 797. The molecule has 1 amide bonds. The van der Waals surface area contributed by atoms with E-state index in [0.717, 1.165) is 36.8 Å². The van der Waals surface area contributed by atoms with E-state index in [1.165, 1.54) is 17.4 Å². The van der Waals surface area contributed by atoms with Gasteiger partial charge in [-0.3, -0.25) is 4.79 Å². The minimum absolute atomic E-state index is 0.0489. The molecule has 0 unspecified atom stereocenters. The van der Waals surface area contributed by atoms with Crippen LogP contribution in [0.5, 0.6) is 0 Å². The van der Waals surface area contributed by atoms with E-state index in [-0.39, 0.29) is 5.91 Å². The van der Waals surface area contributed by atoms with Crippen LogP contribution in [-0.2, 0) is 16.1 Å². The highest BCUT2D eigenvalue weighted by Gasteiger charge is 2.17. The summed E-state index contributed by atoms with van der Waals surface area (Å²) in [7, 11) is 1.83. The Morgan fingerprint density at radius 1 is 1.19 bits per heavy atom. The van der Waals surface area contributed by atoms with Gasteiger partial charge in [0.15, 0.2) is 0 Å². The lowest BCUT2D eigenvalue weighted by Crippen LogP contribution is -2.37. The van der Waals surface area contributed by atoms with Crippen molar-refractivity contribution in [1.29, 1.82) is 0 Å². The number of para-hydroxylation sites is 1. The Kier molecular flexibility index (Phi) is 7.30. The molecular formula is C20H22Cl2N2O2S. The molecule has 1 aliphatic rings. The molecule has 1 aliphatic heterocycles. The number of ether oxygens (including phenoxy) is 1. The second-order valence-electron chi connectivity index (χ2n) is 6.34. The molecule has 1 fully saturated rings. The first kappa shape index (κ1) is 20.3. The molecule has 27 heavy (non-hydrogen) atoms. The summed E-state index contributed by atoms with van der Waals surface area (Å²) < 4.78 is 5.44. The second-order valence-corrected chi connectivity index (χ2v) is 8.20. The standard InChI is InChI=1S/C20H22Cl2N2O2S/c1-23(20(25)14-27-19-12-16(21)6-7-17(19)22)13-15-4-2-3-5-18(15)24-8-10-26-11-9-24/h2-7,12H,8-11,13-14H2,1H3. The molecule has 0 radical (unpaired) electrons. The molecule has 144 valence electrons. The van der Waals surface area contributed by atoms with Crippen LogP contribution in [0.4, 0.5) is 5.69 Å². The summed E-state index contributed by atoms with van der Waals surface area (Å²) in [6.45, 7) is 3.78. The molecular weight excluding hydrogens is 403 g/mol. The molecule has 7 heteroatoms. The van der Waals surface area contributed by atoms with E-state index in [9.17, 15) is 4.79 Å². The molecule has 2 aromatic rings. The number of hydrogen-bond acceptors (Lipinski definition) is 4. The topological polar surface area (TPSA) is 32.8 Å². The number of morpholine rings is 1. The van der Waals surface area contributed by atoms with Crippen LogP contribution < -0.4 is 4.90 Å². The van der Waals surface area contributed by atoms with Gasteiger partial charge in [0.1, 0.15) is 0 Å². The summed E-state index contributed by atoms with van der Waals surface area (Å²) in [5.41, 5.74) is 2.31. The van der Waals surface area contributed by atoms with Gasteiger partial charge in [0.25, 0.3) is 0 Å². The zero-order valence-corrected chi connectivity index (χ0v) is 17.5. The minimum Gasteiger partial charge on any atom is -0.378 e. The quantitative estimate of drug-likeness (QED) is 0.635. The zero-order valence-electron chi connectivity index (χ0n) is 15.2. The van der Waals surface area contributed by atoms with Gasteiger partial charge in [-0.15, -0.1) is 11.8 Å². The van der Waals surface area contributed by atoms with Crippen molar-refractivity contribution in [3.8, 4) is 0 Å². The van der Waals surface area contributed by atoms with Crippen LogP contribution in [0.2, 0.25) is 10.0 Å². The molecule has 4 nitrogen and oxygen atoms in total. The van der Waals surface area contributed by atoms with Crippen molar-refractivity contribution in [1.82, 2.24) is 4.90 Å². The molecule has 0 saturated carbocycles. The van der Waals surface area contributed by atoms with E-state index in [1.54, 1.807) is 23.1 Å². The molecule has 0 spiro atoms. The first-order chi connectivity index (χ1) is 13.0. The lowest BCUT2D eigenvalue weighted by molar-refractivity contribution is -0.127. The number of carbonyl (C=O) groups excluding carboxylic acids is 1. The normalized spacial score (nSPS) is 14.3. The lowest BCUT2D eigenvalue weighted by atomic mass is 10.1. The Labute approximate surface area is 174 Å². The molecule has 0 N–H and O–H groups in total. The molecule has 3 rings (SSSR count). The largest absolute Gasteiger partial charge is 0.378 e. The number of rotatable bonds is 6. The van der Waals surface area contributed by atoms with Crippen molar-refractivity contribution in [2.45, 2.75) is 11.4 Å². The van der Waals surface area contributed by atoms with Crippen LogP contribution in [-0.4, -0.2) is 49.9 Å². The van der Waals surface area contributed by atoms with Crippen molar-refractivity contribution in [2.24, 2.45) is 0 Å². The highest BCUT2D eigenvalue weighted by Crippen LogP contribution is 2.30. The zero-order chi connectivity index (χ0) is 19.2. The number of amides is 1. The average Bonchev–Trinajstić information content (AvgIpc) is 2.69. The van der Waals surface area contributed by atoms with Gasteiger partial charge < -0.3 is 14.5 Å². The maximum absolute atomic E-state index is 12.6. The fraction of sp³-hybridized carbons (Fsp3) is 0.350. The SMILES string of the molecule is CN(Cc1ccccc1N1CCOCC1)C(=O)CSc1cc(Cl)ccc1Cl. The summed E-state index contributed by atoms with van der Waals surface area (Å²) in [6.07, 6.45) is 0. The van der Waals surface area contributed by atoms with Gasteiger partial charge in [-0.2, -0.15) is 0 Å². The highest BCUT2D eigenvalue weighted by molar-refractivity contribution is 8.00. The maximum atomic E-state index is 12.6. The Balaban J connectivity index is 1.62. The fourth-order valence-electron chi connectivity index (χ4n) is 2.94. The molecule has 1 saturated heterocycles. The van der Waals surface area contributed by atoms with Crippen molar-refractivity contribution < 1.29 is 9.53 Å². The Morgan fingerprint density at radius 3 is 2.70 bits per heavy atom. The number of carbonyl (C=O) groups is 1. The van der Waals surface area contributed by atoms with Gasteiger partial charge in [-0.05, 0) is 29.8 Å². The van der Waals surface area contributed by atoms with Gasteiger partial charge in [0.05, 0.1) is 24.0 Å². The summed E-state index contributed by atoms with van der Waals surface area (Å²) in [5, 5.41) is 1.22. The van der Waals surface area contributed by atoms with E-state index in [1.807, 2.05) is 19.2 Å².